The predicted octanol–water partition coefficient (Wildman–Crippen LogP) is 1.45. The molecule has 0 radical (unpaired) electrons. The highest BCUT2D eigenvalue weighted by Crippen LogP contribution is 2.04. The molecular formula is C10H15NO2. The maximum atomic E-state index is 8.34. The fraction of sp³-hybridized carbons (Fsp3) is 0.400. The van der Waals surface area contributed by atoms with Gasteiger partial charge in [0.15, 0.2) is 0 Å². The molecule has 0 unspecified atom stereocenters. The fourth-order valence-corrected chi connectivity index (χ4v) is 1.03. The number of rotatable bonds is 6. The van der Waals surface area contributed by atoms with Crippen LogP contribution in [0.25, 0.3) is 0 Å². The van der Waals surface area contributed by atoms with E-state index in [9.17, 15) is 0 Å². The monoisotopic (exact) mass is 181 g/mol. The largest absolute Gasteiger partial charge is 0.385 e. The lowest BCUT2D eigenvalue weighted by molar-refractivity contribution is -0.00122. The van der Waals surface area contributed by atoms with Crippen LogP contribution in [0.15, 0.2) is 30.3 Å². The van der Waals surface area contributed by atoms with Gasteiger partial charge in [-0.15, -0.1) is 0 Å². The van der Waals surface area contributed by atoms with E-state index >= 15 is 0 Å². The number of benzene rings is 1. The van der Waals surface area contributed by atoms with Crippen molar-refractivity contribution in [2.75, 3.05) is 25.3 Å². The van der Waals surface area contributed by atoms with E-state index in [2.05, 4.69) is 5.32 Å². The molecule has 1 rings (SSSR count). The van der Waals surface area contributed by atoms with Crippen LogP contribution in [0.2, 0.25) is 0 Å². The van der Waals surface area contributed by atoms with Gasteiger partial charge in [-0.25, -0.2) is 0 Å². The Kier molecular flexibility index (Phi) is 4.98. The first kappa shape index (κ1) is 10.0. The smallest absolute Gasteiger partial charge is 0.143 e. The van der Waals surface area contributed by atoms with Crippen molar-refractivity contribution in [2.45, 2.75) is 6.42 Å². The van der Waals surface area contributed by atoms with Crippen LogP contribution in [-0.2, 0) is 4.74 Å². The summed E-state index contributed by atoms with van der Waals surface area (Å²) in [6, 6.07) is 10.0. The third-order valence-electron chi connectivity index (χ3n) is 1.66. The molecule has 0 atom stereocenters. The van der Waals surface area contributed by atoms with Gasteiger partial charge in [0.2, 0.25) is 0 Å². The number of nitrogens with one attached hydrogen (secondary N) is 1. The Balaban J connectivity index is 2.07. The third-order valence-corrected chi connectivity index (χ3v) is 1.66. The number of anilines is 1. The molecule has 2 N–H and O–H groups in total. The minimum Gasteiger partial charge on any atom is -0.385 e. The van der Waals surface area contributed by atoms with Gasteiger partial charge in [-0.1, -0.05) is 18.2 Å². The maximum absolute atomic E-state index is 8.34. The molecule has 1 aromatic rings. The van der Waals surface area contributed by atoms with Crippen molar-refractivity contribution in [2.24, 2.45) is 0 Å². The molecule has 0 bridgehead atoms. The van der Waals surface area contributed by atoms with Crippen molar-refractivity contribution in [1.82, 2.24) is 0 Å². The van der Waals surface area contributed by atoms with Gasteiger partial charge in [-0.2, -0.15) is 0 Å². The molecular weight excluding hydrogens is 166 g/mol. The van der Waals surface area contributed by atoms with Crippen molar-refractivity contribution >= 4 is 5.69 Å². The summed E-state index contributed by atoms with van der Waals surface area (Å²) < 4.78 is 4.79. The lowest BCUT2D eigenvalue weighted by Crippen LogP contribution is -2.05. The summed E-state index contributed by atoms with van der Waals surface area (Å²) in [6.45, 7) is 1.27. The summed E-state index contributed by atoms with van der Waals surface area (Å²) in [5, 5.41) is 11.6. The Labute approximate surface area is 78.3 Å². The molecule has 0 aliphatic rings. The molecule has 0 saturated carbocycles. The second-order valence-corrected chi connectivity index (χ2v) is 2.68. The predicted molar refractivity (Wildman–Crippen MR) is 52.6 cm³/mol. The van der Waals surface area contributed by atoms with Crippen LogP contribution in [0.5, 0.6) is 0 Å². The summed E-state index contributed by atoms with van der Waals surface area (Å²) in [5.41, 5.74) is 1.12. The van der Waals surface area contributed by atoms with Crippen LogP contribution in [0, 0.1) is 0 Å². The second-order valence-electron chi connectivity index (χ2n) is 2.68. The lowest BCUT2D eigenvalue weighted by Gasteiger charge is -2.05. The fourth-order valence-electron chi connectivity index (χ4n) is 1.03. The number of hydrogen-bond donors (Lipinski definition) is 2. The molecule has 0 aliphatic carbocycles. The maximum Gasteiger partial charge on any atom is 0.143 e. The van der Waals surface area contributed by atoms with E-state index in [1.807, 2.05) is 30.3 Å². The average Bonchev–Trinajstić information content (AvgIpc) is 2.19. The van der Waals surface area contributed by atoms with E-state index in [0.717, 1.165) is 18.7 Å². The second kappa shape index (κ2) is 6.46. The van der Waals surface area contributed by atoms with Gasteiger partial charge in [0.1, 0.15) is 6.79 Å². The molecule has 3 nitrogen and oxygen atoms in total. The Bertz CT molecular complexity index is 213. The Hall–Kier alpha value is -1.06. The zero-order valence-corrected chi connectivity index (χ0v) is 7.57. The molecule has 13 heavy (non-hydrogen) atoms. The van der Waals surface area contributed by atoms with Crippen LogP contribution in [0.4, 0.5) is 5.69 Å². The highest BCUT2D eigenvalue weighted by Gasteiger charge is 1.89. The van der Waals surface area contributed by atoms with E-state index in [-0.39, 0.29) is 6.79 Å². The molecule has 0 amide bonds. The van der Waals surface area contributed by atoms with Gasteiger partial charge in [0.25, 0.3) is 0 Å². The molecule has 1 aromatic carbocycles. The van der Waals surface area contributed by atoms with Crippen LogP contribution >= 0.6 is 0 Å². The van der Waals surface area contributed by atoms with Gasteiger partial charge < -0.3 is 15.2 Å². The van der Waals surface area contributed by atoms with Gasteiger partial charge in [-0.05, 0) is 18.6 Å². The van der Waals surface area contributed by atoms with Crippen LogP contribution < -0.4 is 5.32 Å². The van der Waals surface area contributed by atoms with Crippen molar-refractivity contribution in [1.29, 1.82) is 0 Å². The van der Waals surface area contributed by atoms with E-state index in [1.54, 1.807) is 0 Å². The zero-order chi connectivity index (χ0) is 9.36. The normalized spacial score (nSPS) is 9.92. The molecule has 0 aliphatic heterocycles. The van der Waals surface area contributed by atoms with Crippen LogP contribution in [-0.4, -0.2) is 25.1 Å². The van der Waals surface area contributed by atoms with E-state index < -0.39 is 0 Å². The van der Waals surface area contributed by atoms with Gasteiger partial charge in [0, 0.05) is 12.2 Å². The summed E-state index contributed by atoms with van der Waals surface area (Å²) in [7, 11) is 0. The molecule has 3 heteroatoms. The molecule has 0 fully saturated rings. The molecule has 72 valence electrons. The van der Waals surface area contributed by atoms with Crippen molar-refractivity contribution in [3.63, 3.8) is 0 Å². The van der Waals surface area contributed by atoms with Crippen LogP contribution in [0.3, 0.4) is 0 Å². The zero-order valence-electron chi connectivity index (χ0n) is 7.57. The van der Waals surface area contributed by atoms with Crippen molar-refractivity contribution < 1.29 is 9.84 Å². The minimum atomic E-state index is -0.189. The van der Waals surface area contributed by atoms with E-state index in [4.69, 9.17) is 9.84 Å². The summed E-state index contributed by atoms with van der Waals surface area (Å²) >= 11 is 0. The SMILES string of the molecule is OCOCCCNc1ccccc1. The number of aliphatic hydroxyl groups is 1. The summed E-state index contributed by atoms with van der Waals surface area (Å²) in [6.07, 6.45) is 0.898. The first-order valence-electron chi connectivity index (χ1n) is 4.41. The van der Waals surface area contributed by atoms with Gasteiger partial charge in [0.05, 0.1) is 6.61 Å². The Morgan fingerprint density at radius 1 is 1.23 bits per heavy atom. The first-order chi connectivity index (χ1) is 6.43. The lowest BCUT2D eigenvalue weighted by atomic mass is 10.3. The summed E-state index contributed by atoms with van der Waals surface area (Å²) in [4.78, 5) is 0. The third kappa shape index (κ3) is 4.50. The van der Waals surface area contributed by atoms with Gasteiger partial charge in [-0.3, -0.25) is 0 Å². The van der Waals surface area contributed by atoms with E-state index in [0.29, 0.717) is 6.61 Å². The molecule has 0 saturated heterocycles. The average molecular weight is 181 g/mol. The topological polar surface area (TPSA) is 41.5 Å². The highest BCUT2D eigenvalue weighted by atomic mass is 16.6. The Morgan fingerprint density at radius 2 is 2.00 bits per heavy atom. The molecule has 0 heterocycles. The standard InChI is InChI=1S/C10H15NO2/c12-9-13-8-4-7-11-10-5-2-1-3-6-10/h1-3,5-6,11-12H,4,7-9H2. The van der Waals surface area contributed by atoms with Crippen molar-refractivity contribution in [3.05, 3.63) is 30.3 Å². The Morgan fingerprint density at radius 3 is 2.69 bits per heavy atom. The first-order valence-corrected chi connectivity index (χ1v) is 4.41. The van der Waals surface area contributed by atoms with E-state index in [1.165, 1.54) is 0 Å². The number of aliphatic hydroxyl groups excluding tert-OH is 1. The number of hydrogen-bond acceptors (Lipinski definition) is 3. The van der Waals surface area contributed by atoms with Crippen LogP contribution in [0.1, 0.15) is 6.42 Å². The van der Waals surface area contributed by atoms with Gasteiger partial charge >= 0.3 is 0 Å². The quantitative estimate of drug-likeness (QED) is 0.515. The van der Waals surface area contributed by atoms with Crippen molar-refractivity contribution in [3.8, 4) is 0 Å². The number of ether oxygens (including phenoxy) is 1. The number of para-hydroxylation sites is 1. The molecule has 0 spiro atoms. The minimum absolute atomic E-state index is 0.189. The molecule has 0 aromatic heterocycles. The highest BCUT2D eigenvalue weighted by molar-refractivity contribution is 5.42. The summed E-state index contributed by atoms with van der Waals surface area (Å²) in [5.74, 6) is 0.